The molecule has 0 fully saturated rings. The molecule has 0 spiro atoms. The second-order valence-electron chi connectivity index (χ2n) is 6.35. The molecule has 0 unspecified atom stereocenters. The van der Waals surface area contributed by atoms with E-state index in [1.165, 1.54) is 36.7 Å². The highest BCUT2D eigenvalue weighted by molar-refractivity contribution is 5.72. The second-order valence-corrected chi connectivity index (χ2v) is 6.35. The fourth-order valence-electron chi connectivity index (χ4n) is 2.74. The molecular formula is C19H28N2O4. The predicted molar refractivity (Wildman–Crippen MR) is 97.6 cm³/mol. The molecule has 0 aliphatic rings. The minimum atomic E-state index is -0.403. The van der Waals surface area contributed by atoms with E-state index in [1.807, 2.05) is 6.07 Å². The summed E-state index contributed by atoms with van der Waals surface area (Å²) in [5.41, 5.74) is 0.443. The minimum absolute atomic E-state index is 0.227. The average molecular weight is 348 g/mol. The lowest BCUT2D eigenvalue weighted by atomic mass is 10.1. The molecule has 0 amide bonds. The van der Waals surface area contributed by atoms with E-state index in [-0.39, 0.29) is 19.8 Å². The van der Waals surface area contributed by atoms with Gasteiger partial charge < -0.3 is 14.6 Å². The lowest BCUT2D eigenvalue weighted by Crippen LogP contribution is -2.21. The quantitative estimate of drug-likeness (QED) is 0.481. The average Bonchev–Trinajstić information content (AvgIpc) is 3.00. The van der Waals surface area contributed by atoms with E-state index in [0.29, 0.717) is 11.3 Å². The molecule has 2 heterocycles. The number of nitrogens with zero attached hydrogens (tertiary/aromatic N) is 2. The summed E-state index contributed by atoms with van der Waals surface area (Å²) in [7, 11) is 0. The monoisotopic (exact) mass is 348 g/mol. The van der Waals surface area contributed by atoms with Gasteiger partial charge >= 0.3 is 5.69 Å². The Bertz CT molecular complexity index is 739. The molecule has 2 aromatic heterocycles. The molecule has 25 heavy (non-hydrogen) atoms. The van der Waals surface area contributed by atoms with Crippen molar-refractivity contribution in [2.45, 2.75) is 58.4 Å². The number of aliphatic hydroxyl groups excluding tert-OH is 2. The molecule has 0 aliphatic carbocycles. The number of hydrogen-bond acceptors (Lipinski definition) is 5. The zero-order valence-corrected chi connectivity index (χ0v) is 14.9. The van der Waals surface area contributed by atoms with Gasteiger partial charge in [-0.1, -0.05) is 45.1 Å². The molecule has 0 radical (unpaired) electrons. The summed E-state index contributed by atoms with van der Waals surface area (Å²) in [6.07, 6.45) is 11.5. The molecular weight excluding hydrogens is 320 g/mol. The Morgan fingerprint density at radius 3 is 2.64 bits per heavy atom. The molecule has 2 rings (SSSR count). The normalized spacial score (nSPS) is 11.2. The van der Waals surface area contributed by atoms with Crippen molar-refractivity contribution < 1.29 is 14.6 Å². The highest BCUT2D eigenvalue weighted by Gasteiger charge is 2.08. The number of aryl methyl sites for hydroxylation is 1. The molecule has 0 aliphatic heterocycles. The zero-order valence-electron chi connectivity index (χ0n) is 14.9. The summed E-state index contributed by atoms with van der Waals surface area (Å²) in [5, 5.41) is 18.9. The SMILES string of the molecule is CCCCCCCCc1cc2cn(CC=C(CO)CO)c(=O)nc2o1. The van der Waals surface area contributed by atoms with Crippen molar-refractivity contribution in [3.8, 4) is 0 Å². The van der Waals surface area contributed by atoms with Gasteiger partial charge in [0.1, 0.15) is 5.76 Å². The van der Waals surface area contributed by atoms with Crippen LogP contribution in [0.5, 0.6) is 0 Å². The van der Waals surface area contributed by atoms with E-state index in [4.69, 9.17) is 14.6 Å². The molecule has 0 atom stereocenters. The van der Waals surface area contributed by atoms with Crippen molar-refractivity contribution in [1.82, 2.24) is 9.55 Å². The first-order valence-corrected chi connectivity index (χ1v) is 9.07. The number of furan rings is 1. The Hall–Kier alpha value is -1.92. The Morgan fingerprint density at radius 2 is 1.92 bits per heavy atom. The van der Waals surface area contributed by atoms with E-state index in [1.54, 1.807) is 12.3 Å². The van der Waals surface area contributed by atoms with Crippen LogP contribution in [-0.4, -0.2) is 33.0 Å². The van der Waals surface area contributed by atoms with Gasteiger partial charge in [0, 0.05) is 19.2 Å². The first-order chi connectivity index (χ1) is 12.2. The number of rotatable bonds is 11. The van der Waals surface area contributed by atoms with E-state index in [9.17, 15) is 4.79 Å². The summed E-state index contributed by atoms with van der Waals surface area (Å²) in [5.74, 6) is 0.858. The van der Waals surface area contributed by atoms with Crippen LogP contribution in [0.2, 0.25) is 0 Å². The highest BCUT2D eigenvalue weighted by atomic mass is 16.3. The van der Waals surface area contributed by atoms with Crippen molar-refractivity contribution >= 4 is 11.1 Å². The zero-order chi connectivity index (χ0) is 18.1. The van der Waals surface area contributed by atoms with Crippen LogP contribution in [-0.2, 0) is 13.0 Å². The molecule has 0 saturated heterocycles. The summed E-state index contributed by atoms with van der Waals surface area (Å²) in [6, 6.07) is 1.94. The smallest absolute Gasteiger partial charge is 0.351 e. The van der Waals surface area contributed by atoms with Crippen molar-refractivity contribution in [2.75, 3.05) is 13.2 Å². The minimum Gasteiger partial charge on any atom is -0.443 e. The van der Waals surface area contributed by atoms with Gasteiger partial charge in [0.15, 0.2) is 0 Å². The van der Waals surface area contributed by atoms with Crippen LogP contribution in [0, 0.1) is 0 Å². The Labute approximate surface area is 147 Å². The molecule has 0 aromatic carbocycles. The van der Waals surface area contributed by atoms with Crippen molar-refractivity contribution in [3.63, 3.8) is 0 Å². The maximum Gasteiger partial charge on any atom is 0.351 e. The Morgan fingerprint density at radius 1 is 1.20 bits per heavy atom. The molecule has 6 heteroatoms. The molecule has 0 saturated carbocycles. The van der Waals surface area contributed by atoms with E-state index < -0.39 is 5.69 Å². The number of allylic oxidation sites excluding steroid dienone is 1. The van der Waals surface area contributed by atoms with Crippen LogP contribution in [0.15, 0.2) is 33.1 Å². The van der Waals surface area contributed by atoms with Crippen LogP contribution < -0.4 is 5.69 Å². The van der Waals surface area contributed by atoms with Gasteiger partial charge in [0.2, 0.25) is 5.71 Å². The standard InChI is InChI=1S/C19H28N2O4/c1-2-3-4-5-6-7-8-17-11-16-12-21(10-9-15(13-22)14-23)19(24)20-18(16)25-17/h9,11-12,22-23H,2-8,10,13-14H2,1H3. The van der Waals surface area contributed by atoms with Gasteiger partial charge in [0.25, 0.3) is 0 Å². The maximum absolute atomic E-state index is 12.0. The third kappa shape index (κ3) is 5.83. The van der Waals surface area contributed by atoms with Crippen LogP contribution in [0.3, 0.4) is 0 Å². The lowest BCUT2D eigenvalue weighted by Gasteiger charge is -2.02. The van der Waals surface area contributed by atoms with Crippen molar-refractivity contribution in [1.29, 1.82) is 0 Å². The van der Waals surface area contributed by atoms with Gasteiger partial charge in [0.05, 0.1) is 18.6 Å². The third-order valence-electron chi connectivity index (χ3n) is 4.29. The Balaban J connectivity index is 2.00. The molecule has 2 aromatic rings. The fraction of sp³-hybridized carbons (Fsp3) is 0.579. The van der Waals surface area contributed by atoms with Gasteiger partial charge in [-0.2, -0.15) is 4.98 Å². The molecule has 6 nitrogen and oxygen atoms in total. The number of unbranched alkanes of at least 4 members (excludes halogenated alkanes) is 5. The fourth-order valence-corrected chi connectivity index (χ4v) is 2.74. The Kier molecular flexibility index (Phi) is 7.88. The number of aliphatic hydroxyl groups is 2. The van der Waals surface area contributed by atoms with Crippen LogP contribution in [0.1, 0.15) is 51.2 Å². The molecule has 2 N–H and O–H groups in total. The van der Waals surface area contributed by atoms with Gasteiger partial charge in [-0.05, 0) is 18.1 Å². The van der Waals surface area contributed by atoms with Gasteiger partial charge in [-0.15, -0.1) is 0 Å². The number of hydrogen-bond donors (Lipinski definition) is 2. The number of fused-ring (bicyclic) bond motifs is 1. The van der Waals surface area contributed by atoms with Gasteiger partial charge in [-0.25, -0.2) is 4.79 Å². The largest absolute Gasteiger partial charge is 0.443 e. The van der Waals surface area contributed by atoms with Crippen molar-refractivity contribution in [3.05, 3.63) is 40.2 Å². The van der Waals surface area contributed by atoms with Crippen LogP contribution >= 0.6 is 0 Å². The first-order valence-electron chi connectivity index (χ1n) is 9.07. The summed E-state index contributed by atoms with van der Waals surface area (Å²) >= 11 is 0. The van der Waals surface area contributed by atoms with Gasteiger partial charge in [-0.3, -0.25) is 4.57 Å². The summed E-state index contributed by atoms with van der Waals surface area (Å²) < 4.78 is 7.12. The second kappa shape index (κ2) is 10.2. The highest BCUT2D eigenvalue weighted by Crippen LogP contribution is 2.18. The van der Waals surface area contributed by atoms with Crippen LogP contribution in [0.25, 0.3) is 11.1 Å². The molecule has 138 valence electrons. The third-order valence-corrected chi connectivity index (χ3v) is 4.29. The van der Waals surface area contributed by atoms with E-state index in [0.717, 1.165) is 24.0 Å². The van der Waals surface area contributed by atoms with E-state index >= 15 is 0 Å². The summed E-state index contributed by atoms with van der Waals surface area (Å²) in [6.45, 7) is 2.02. The lowest BCUT2D eigenvalue weighted by molar-refractivity contribution is 0.275. The topological polar surface area (TPSA) is 88.5 Å². The number of aromatic nitrogens is 2. The maximum atomic E-state index is 12.0. The summed E-state index contributed by atoms with van der Waals surface area (Å²) in [4.78, 5) is 16.0. The first kappa shape index (κ1) is 19.4. The van der Waals surface area contributed by atoms with E-state index in [2.05, 4.69) is 11.9 Å². The van der Waals surface area contributed by atoms with Crippen molar-refractivity contribution in [2.24, 2.45) is 0 Å². The molecule has 0 bridgehead atoms. The predicted octanol–water partition coefficient (Wildman–Crippen LogP) is 2.80. The van der Waals surface area contributed by atoms with Crippen LogP contribution in [0.4, 0.5) is 0 Å².